The second-order valence-electron chi connectivity index (χ2n) is 12.9. The first-order chi connectivity index (χ1) is 23.8. The van der Waals surface area contributed by atoms with E-state index in [-0.39, 0.29) is 0 Å². The molecule has 0 bridgehead atoms. The van der Waals surface area contributed by atoms with Crippen molar-refractivity contribution in [2.24, 2.45) is 0 Å². The molecule has 0 aliphatic heterocycles. The van der Waals surface area contributed by atoms with Crippen molar-refractivity contribution in [3.8, 4) is 66.8 Å². The molecule has 0 atom stereocenters. The lowest BCUT2D eigenvalue weighted by atomic mass is 9.89. The van der Waals surface area contributed by atoms with Crippen molar-refractivity contribution in [2.75, 3.05) is 0 Å². The fraction of sp³-hybridized carbons (Fsp3) is 0. The number of benzene rings is 9. The van der Waals surface area contributed by atoms with E-state index in [1.165, 1.54) is 99.1 Å². The van der Waals surface area contributed by atoms with Gasteiger partial charge in [0.2, 0.25) is 0 Å². The van der Waals surface area contributed by atoms with Crippen molar-refractivity contribution < 1.29 is 0 Å². The van der Waals surface area contributed by atoms with E-state index < -0.39 is 0 Å². The quantitative estimate of drug-likeness (QED) is 0.187. The standard InChI is InChI=1S/C48H30/c1-2-10-34-29-35(24-21-31(34)9-1)32-19-22-33(23-20-32)38-25-26-39(42-14-4-3-13-41(38)42)36-11-7-12-37(30-36)40-27-28-47-44-16-6-5-15-43(44)46-18-8-17-45(40)48(46)47/h1-30H. The average Bonchev–Trinajstić information content (AvgIpc) is 3.49. The molecular formula is C48H30. The van der Waals surface area contributed by atoms with Gasteiger partial charge in [-0.25, -0.2) is 0 Å². The van der Waals surface area contributed by atoms with Crippen LogP contribution in [0.3, 0.4) is 0 Å². The summed E-state index contributed by atoms with van der Waals surface area (Å²) in [5.41, 5.74) is 15.3. The molecule has 0 heterocycles. The molecule has 48 heavy (non-hydrogen) atoms. The van der Waals surface area contributed by atoms with Gasteiger partial charge in [-0.2, -0.15) is 0 Å². The van der Waals surface area contributed by atoms with Gasteiger partial charge in [0.25, 0.3) is 0 Å². The molecule has 222 valence electrons. The van der Waals surface area contributed by atoms with Crippen molar-refractivity contribution in [2.45, 2.75) is 0 Å². The van der Waals surface area contributed by atoms with Crippen molar-refractivity contribution >= 4 is 32.3 Å². The topological polar surface area (TPSA) is 0 Å². The molecule has 1 aliphatic rings. The van der Waals surface area contributed by atoms with E-state index in [0.29, 0.717) is 0 Å². The first-order valence-electron chi connectivity index (χ1n) is 16.7. The maximum Gasteiger partial charge on any atom is -0.00201 e. The molecule has 0 saturated heterocycles. The zero-order chi connectivity index (χ0) is 31.6. The SMILES string of the molecule is c1cc(-c2ccc(-c3ccc(-c4ccc5ccccc5c4)cc3)c3ccccc23)cc(-c2ccc3c4c(cccc24)-c2ccccc2-3)c1. The minimum Gasteiger partial charge on any atom is -0.0616 e. The van der Waals surface area contributed by atoms with Crippen molar-refractivity contribution in [3.63, 3.8) is 0 Å². The van der Waals surface area contributed by atoms with Crippen LogP contribution in [0.1, 0.15) is 0 Å². The molecule has 0 fully saturated rings. The molecule has 10 rings (SSSR count). The number of rotatable bonds is 4. The molecule has 0 nitrogen and oxygen atoms in total. The molecule has 0 radical (unpaired) electrons. The maximum atomic E-state index is 2.37. The smallest absolute Gasteiger partial charge is 0.00201 e. The highest BCUT2D eigenvalue weighted by Gasteiger charge is 2.22. The van der Waals surface area contributed by atoms with Gasteiger partial charge in [-0.3, -0.25) is 0 Å². The summed E-state index contributed by atoms with van der Waals surface area (Å²) in [5, 5.41) is 7.74. The van der Waals surface area contributed by atoms with E-state index in [1.54, 1.807) is 0 Å². The Bertz CT molecular complexity index is 2680. The lowest BCUT2D eigenvalue weighted by molar-refractivity contribution is 1.60. The highest BCUT2D eigenvalue weighted by atomic mass is 14.2. The van der Waals surface area contributed by atoms with E-state index >= 15 is 0 Å². The highest BCUT2D eigenvalue weighted by molar-refractivity contribution is 6.18. The van der Waals surface area contributed by atoms with Crippen LogP contribution in [-0.2, 0) is 0 Å². The minimum absolute atomic E-state index is 1.23. The summed E-state index contributed by atoms with van der Waals surface area (Å²) >= 11 is 0. The Balaban J connectivity index is 1.04. The molecule has 0 aromatic heterocycles. The summed E-state index contributed by atoms with van der Waals surface area (Å²) in [5.74, 6) is 0. The van der Waals surface area contributed by atoms with Gasteiger partial charge in [-0.1, -0.05) is 170 Å². The molecule has 9 aromatic rings. The molecule has 0 N–H and O–H groups in total. The van der Waals surface area contributed by atoms with Gasteiger partial charge in [-0.15, -0.1) is 0 Å². The first-order valence-corrected chi connectivity index (χ1v) is 16.7. The van der Waals surface area contributed by atoms with Crippen LogP contribution < -0.4 is 0 Å². The van der Waals surface area contributed by atoms with Crippen LogP contribution >= 0.6 is 0 Å². The predicted octanol–water partition coefficient (Wildman–Crippen LogP) is 13.5. The zero-order valence-corrected chi connectivity index (χ0v) is 26.3. The lowest BCUT2D eigenvalue weighted by Crippen LogP contribution is -1.88. The van der Waals surface area contributed by atoms with Gasteiger partial charge in [0, 0.05) is 0 Å². The van der Waals surface area contributed by atoms with Gasteiger partial charge in [-0.05, 0) is 111 Å². The number of fused-ring (bicyclic) bond motifs is 5. The second kappa shape index (κ2) is 10.7. The molecule has 0 unspecified atom stereocenters. The fourth-order valence-corrected chi connectivity index (χ4v) is 7.93. The summed E-state index contributed by atoms with van der Waals surface area (Å²) in [4.78, 5) is 0. The Hall–Kier alpha value is -6.24. The van der Waals surface area contributed by atoms with Crippen LogP contribution in [-0.4, -0.2) is 0 Å². The highest BCUT2D eigenvalue weighted by Crippen LogP contribution is 2.49. The minimum atomic E-state index is 1.23. The zero-order valence-electron chi connectivity index (χ0n) is 26.3. The van der Waals surface area contributed by atoms with Crippen LogP contribution in [0.4, 0.5) is 0 Å². The fourth-order valence-electron chi connectivity index (χ4n) is 7.93. The molecule has 9 aromatic carbocycles. The van der Waals surface area contributed by atoms with Crippen molar-refractivity contribution in [3.05, 3.63) is 182 Å². The Morgan fingerprint density at radius 3 is 1.42 bits per heavy atom. The third kappa shape index (κ3) is 4.16. The van der Waals surface area contributed by atoms with Crippen LogP contribution in [0, 0.1) is 0 Å². The van der Waals surface area contributed by atoms with E-state index in [0.717, 1.165) is 0 Å². The Labute approximate surface area is 280 Å². The van der Waals surface area contributed by atoms with Crippen LogP contribution in [0.15, 0.2) is 182 Å². The number of hydrogen-bond donors (Lipinski definition) is 0. The largest absolute Gasteiger partial charge is 0.0616 e. The van der Waals surface area contributed by atoms with Crippen LogP contribution in [0.25, 0.3) is 99.1 Å². The molecule has 0 amide bonds. The van der Waals surface area contributed by atoms with Gasteiger partial charge < -0.3 is 0 Å². The summed E-state index contributed by atoms with van der Waals surface area (Å²) in [6.45, 7) is 0. The first kappa shape index (κ1) is 26.9. The van der Waals surface area contributed by atoms with E-state index in [2.05, 4.69) is 182 Å². The summed E-state index contributed by atoms with van der Waals surface area (Å²) in [6, 6.07) is 67.0. The molecule has 0 heteroatoms. The third-order valence-electron chi connectivity index (χ3n) is 10.2. The van der Waals surface area contributed by atoms with Crippen LogP contribution in [0.5, 0.6) is 0 Å². The third-order valence-corrected chi connectivity index (χ3v) is 10.2. The normalized spacial score (nSPS) is 11.8. The van der Waals surface area contributed by atoms with Gasteiger partial charge in [0.05, 0.1) is 0 Å². The molecule has 1 aliphatic carbocycles. The van der Waals surface area contributed by atoms with Gasteiger partial charge >= 0.3 is 0 Å². The van der Waals surface area contributed by atoms with E-state index in [9.17, 15) is 0 Å². The van der Waals surface area contributed by atoms with Crippen LogP contribution in [0.2, 0.25) is 0 Å². The molecule has 0 saturated carbocycles. The summed E-state index contributed by atoms with van der Waals surface area (Å²) in [6.07, 6.45) is 0. The Morgan fingerprint density at radius 2 is 0.688 bits per heavy atom. The van der Waals surface area contributed by atoms with Crippen molar-refractivity contribution in [1.82, 2.24) is 0 Å². The number of hydrogen-bond acceptors (Lipinski definition) is 0. The lowest BCUT2D eigenvalue weighted by Gasteiger charge is -2.14. The average molecular weight is 607 g/mol. The van der Waals surface area contributed by atoms with E-state index in [1.807, 2.05) is 0 Å². The van der Waals surface area contributed by atoms with Crippen molar-refractivity contribution in [1.29, 1.82) is 0 Å². The monoisotopic (exact) mass is 606 g/mol. The predicted molar refractivity (Wildman–Crippen MR) is 205 cm³/mol. The second-order valence-corrected chi connectivity index (χ2v) is 12.9. The molecule has 0 spiro atoms. The van der Waals surface area contributed by atoms with Gasteiger partial charge in [0.1, 0.15) is 0 Å². The molecular weight excluding hydrogens is 577 g/mol. The van der Waals surface area contributed by atoms with E-state index in [4.69, 9.17) is 0 Å². The Morgan fingerprint density at radius 1 is 0.208 bits per heavy atom. The summed E-state index contributed by atoms with van der Waals surface area (Å²) in [7, 11) is 0. The van der Waals surface area contributed by atoms with Gasteiger partial charge in [0.15, 0.2) is 0 Å². The summed E-state index contributed by atoms with van der Waals surface area (Å²) < 4.78 is 0. The Kier molecular flexibility index (Phi) is 5.98. The maximum absolute atomic E-state index is 2.37.